The van der Waals surface area contributed by atoms with Gasteiger partial charge in [0, 0.05) is 15.6 Å². The van der Waals surface area contributed by atoms with Crippen LogP contribution in [0.4, 0.5) is 4.39 Å². The molecule has 0 saturated heterocycles. The van der Waals surface area contributed by atoms with Crippen LogP contribution in [-0.4, -0.2) is 10.9 Å². The number of phenolic OH excluding ortho intramolecular Hbond substituents is 1. The number of rotatable bonds is 3. The van der Waals surface area contributed by atoms with Gasteiger partial charge in [-0.25, -0.2) is 4.39 Å². The molecule has 0 unspecified atom stereocenters. The van der Waals surface area contributed by atoms with Crippen molar-refractivity contribution in [2.24, 2.45) is 0 Å². The summed E-state index contributed by atoms with van der Waals surface area (Å²) < 4.78 is 14.1. The largest absolute Gasteiger partial charge is 0.508 e. The maximum atomic E-state index is 13.5. The lowest BCUT2D eigenvalue weighted by Crippen LogP contribution is -1.93. The van der Waals surface area contributed by atoms with Crippen molar-refractivity contribution in [3.8, 4) is 5.75 Å². The number of hydrogen-bond acceptors (Lipinski definition) is 2. The van der Waals surface area contributed by atoms with Crippen molar-refractivity contribution in [1.29, 1.82) is 0 Å². The average Bonchev–Trinajstić information content (AvgIpc) is 2.38. The zero-order chi connectivity index (χ0) is 13.8. The van der Waals surface area contributed by atoms with Gasteiger partial charge in [-0.2, -0.15) is 0 Å². The predicted octanol–water partition coefficient (Wildman–Crippen LogP) is 4.19. The highest BCUT2D eigenvalue weighted by Gasteiger charge is 2.05. The first-order valence-corrected chi connectivity index (χ1v) is 6.32. The quantitative estimate of drug-likeness (QED) is 0.680. The van der Waals surface area contributed by atoms with Crippen molar-refractivity contribution in [1.82, 2.24) is 0 Å². The Labute approximate surface area is 118 Å². The number of allylic oxidation sites excluding steroid dienone is 1. The number of benzene rings is 2. The topological polar surface area (TPSA) is 37.3 Å². The molecule has 0 amide bonds. The Bertz CT molecular complexity index is 613. The number of halogens is 2. The summed E-state index contributed by atoms with van der Waals surface area (Å²) in [5.74, 6) is -0.559. The van der Waals surface area contributed by atoms with Crippen LogP contribution in [0.2, 0.25) is 0 Å². The lowest BCUT2D eigenvalue weighted by atomic mass is 10.1. The molecule has 2 aromatic carbocycles. The molecule has 0 radical (unpaired) electrons. The highest BCUT2D eigenvalue weighted by Crippen LogP contribution is 2.21. The summed E-state index contributed by atoms with van der Waals surface area (Å²) >= 11 is 3.23. The van der Waals surface area contributed by atoms with Gasteiger partial charge in [-0.1, -0.05) is 22.0 Å². The molecule has 0 aromatic heterocycles. The molecule has 4 heteroatoms. The van der Waals surface area contributed by atoms with Crippen LogP contribution in [-0.2, 0) is 0 Å². The Hall–Kier alpha value is -1.94. The fourth-order valence-electron chi connectivity index (χ4n) is 1.55. The van der Waals surface area contributed by atoms with Gasteiger partial charge in [-0.15, -0.1) is 0 Å². The van der Waals surface area contributed by atoms with Crippen LogP contribution in [0.1, 0.15) is 15.9 Å². The predicted molar refractivity (Wildman–Crippen MR) is 75.6 cm³/mol. The maximum absolute atomic E-state index is 13.5. The summed E-state index contributed by atoms with van der Waals surface area (Å²) in [7, 11) is 0. The minimum Gasteiger partial charge on any atom is -0.508 e. The van der Waals surface area contributed by atoms with Crippen LogP contribution in [0.15, 0.2) is 53.0 Å². The standard InChI is InChI=1S/C15H10BrFO2/c16-13-2-1-3-14(17)12(13)8-9-15(19)10-4-6-11(18)7-5-10/h1-9,18H. The Morgan fingerprint density at radius 2 is 1.84 bits per heavy atom. The molecule has 2 aromatic rings. The fourth-order valence-corrected chi connectivity index (χ4v) is 2.03. The second-order valence-corrected chi connectivity index (χ2v) is 4.73. The number of carbonyl (C=O) groups is 1. The van der Waals surface area contributed by atoms with Crippen LogP contribution in [0.5, 0.6) is 5.75 Å². The van der Waals surface area contributed by atoms with Gasteiger partial charge in [0.2, 0.25) is 0 Å². The molecule has 0 heterocycles. The van der Waals surface area contributed by atoms with Crippen LogP contribution in [0.25, 0.3) is 6.08 Å². The zero-order valence-electron chi connectivity index (χ0n) is 9.81. The van der Waals surface area contributed by atoms with E-state index in [0.29, 0.717) is 15.6 Å². The van der Waals surface area contributed by atoms with E-state index in [1.165, 1.54) is 42.5 Å². The van der Waals surface area contributed by atoms with Gasteiger partial charge in [0.05, 0.1) is 0 Å². The molecule has 0 fully saturated rings. The van der Waals surface area contributed by atoms with Gasteiger partial charge < -0.3 is 5.11 Å². The third kappa shape index (κ3) is 3.29. The lowest BCUT2D eigenvalue weighted by molar-refractivity contribution is 0.104. The number of phenols is 1. The molecule has 19 heavy (non-hydrogen) atoms. The first-order chi connectivity index (χ1) is 9.08. The van der Waals surface area contributed by atoms with Crippen molar-refractivity contribution >= 4 is 27.8 Å². The molecule has 0 spiro atoms. The van der Waals surface area contributed by atoms with Crippen molar-refractivity contribution in [2.75, 3.05) is 0 Å². The molecular weight excluding hydrogens is 311 g/mol. The summed E-state index contributed by atoms with van der Waals surface area (Å²) in [6.07, 6.45) is 2.73. The molecule has 0 saturated carbocycles. The summed E-state index contributed by atoms with van der Waals surface area (Å²) in [6, 6.07) is 10.5. The zero-order valence-corrected chi connectivity index (χ0v) is 11.4. The molecule has 2 nitrogen and oxygen atoms in total. The van der Waals surface area contributed by atoms with E-state index >= 15 is 0 Å². The minimum atomic E-state index is -0.399. The number of hydrogen-bond donors (Lipinski definition) is 1. The monoisotopic (exact) mass is 320 g/mol. The second-order valence-electron chi connectivity index (χ2n) is 3.88. The van der Waals surface area contributed by atoms with E-state index < -0.39 is 5.82 Å². The molecule has 0 bridgehead atoms. The van der Waals surface area contributed by atoms with Crippen molar-refractivity contribution < 1.29 is 14.3 Å². The molecule has 0 atom stereocenters. The van der Waals surface area contributed by atoms with Crippen LogP contribution in [0, 0.1) is 5.82 Å². The van der Waals surface area contributed by atoms with Crippen LogP contribution >= 0.6 is 15.9 Å². The van der Waals surface area contributed by atoms with Gasteiger partial charge in [0.1, 0.15) is 11.6 Å². The number of aromatic hydroxyl groups is 1. The van der Waals surface area contributed by atoms with E-state index in [0.717, 1.165) is 0 Å². The van der Waals surface area contributed by atoms with Crippen molar-refractivity contribution in [2.45, 2.75) is 0 Å². The van der Waals surface area contributed by atoms with Gasteiger partial charge in [0.15, 0.2) is 5.78 Å². The van der Waals surface area contributed by atoms with E-state index in [9.17, 15) is 9.18 Å². The fraction of sp³-hybridized carbons (Fsp3) is 0. The summed E-state index contributed by atoms with van der Waals surface area (Å²) in [5.41, 5.74) is 0.760. The average molecular weight is 321 g/mol. The second kappa shape index (κ2) is 5.80. The molecular formula is C15H10BrFO2. The molecule has 2 rings (SSSR count). The van der Waals surface area contributed by atoms with Crippen molar-refractivity contribution in [3.05, 3.63) is 70.0 Å². The molecule has 96 valence electrons. The lowest BCUT2D eigenvalue weighted by Gasteiger charge is -2.00. The first kappa shape index (κ1) is 13.5. The van der Waals surface area contributed by atoms with Crippen LogP contribution < -0.4 is 0 Å². The third-order valence-electron chi connectivity index (χ3n) is 2.55. The van der Waals surface area contributed by atoms with Gasteiger partial charge in [-0.05, 0) is 48.6 Å². The summed E-state index contributed by atoms with van der Waals surface area (Å²) in [5, 5.41) is 9.13. The van der Waals surface area contributed by atoms with E-state index in [-0.39, 0.29) is 11.5 Å². The Kier molecular flexibility index (Phi) is 4.12. The van der Waals surface area contributed by atoms with Crippen LogP contribution in [0.3, 0.4) is 0 Å². The minimum absolute atomic E-state index is 0.0948. The van der Waals surface area contributed by atoms with Crippen molar-refractivity contribution in [3.63, 3.8) is 0 Å². The molecule has 0 aliphatic rings. The Balaban J connectivity index is 2.23. The van der Waals surface area contributed by atoms with E-state index in [1.54, 1.807) is 12.1 Å². The normalized spacial score (nSPS) is 10.8. The van der Waals surface area contributed by atoms with Gasteiger partial charge >= 0.3 is 0 Å². The van der Waals surface area contributed by atoms with E-state index in [2.05, 4.69) is 15.9 Å². The first-order valence-electron chi connectivity index (χ1n) is 5.53. The number of carbonyl (C=O) groups excluding carboxylic acids is 1. The smallest absolute Gasteiger partial charge is 0.185 e. The summed E-state index contributed by atoms with van der Waals surface area (Å²) in [4.78, 5) is 11.8. The Morgan fingerprint density at radius 1 is 1.16 bits per heavy atom. The highest BCUT2D eigenvalue weighted by atomic mass is 79.9. The third-order valence-corrected chi connectivity index (χ3v) is 3.24. The maximum Gasteiger partial charge on any atom is 0.185 e. The molecule has 0 aliphatic heterocycles. The van der Waals surface area contributed by atoms with E-state index in [4.69, 9.17) is 5.11 Å². The SMILES string of the molecule is O=C(C=Cc1c(F)cccc1Br)c1ccc(O)cc1. The van der Waals surface area contributed by atoms with Gasteiger partial charge in [0.25, 0.3) is 0 Å². The number of ketones is 1. The molecule has 0 aliphatic carbocycles. The highest BCUT2D eigenvalue weighted by molar-refractivity contribution is 9.10. The Morgan fingerprint density at radius 3 is 2.47 bits per heavy atom. The summed E-state index contributed by atoms with van der Waals surface area (Å²) in [6.45, 7) is 0. The van der Waals surface area contributed by atoms with Gasteiger partial charge in [-0.3, -0.25) is 4.79 Å². The van der Waals surface area contributed by atoms with E-state index in [1.807, 2.05) is 0 Å². The molecule has 1 N–H and O–H groups in total.